The maximum absolute atomic E-state index is 14.5. The Morgan fingerprint density at radius 1 is 0.895 bits per heavy atom. The number of carbonyl (C=O) groups is 2. The van der Waals surface area contributed by atoms with Crippen molar-refractivity contribution in [3.05, 3.63) is 75.2 Å². The Morgan fingerprint density at radius 3 is 2.19 bits per heavy atom. The molecule has 306 valence electrons. The lowest BCUT2D eigenvalue weighted by Crippen LogP contribution is -2.44. The van der Waals surface area contributed by atoms with Gasteiger partial charge in [0.15, 0.2) is 17.1 Å². The molecule has 14 nitrogen and oxygen atoms in total. The van der Waals surface area contributed by atoms with Crippen LogP contribution in [-0.4, -0.2) is 80.0 Å². The molecular weight excluding hydrogens is 736 g/mol. The Balaban J connectivity index is 1.78. The molecule has 0 spiro atoms. The van der Waals surface area contributed by atoms with Crippen LogP contribution in [0.5, 0.6) is 17.2 Å². The van der Waals surface area contributed by atoms with E-state index in [1.165, 1.54) is 53.2 Å². The molecular formula is C43H52N2O12. The Bertz CT molecular complexity index is 2310. The van der Waals surface area contributed by atoms with E-state index in [0.717, 1.165) is 0 Å². The number of anilines is 1. The van der Waals surface area contributed by atoms with Crippen LogP contribution in [0, 0.1) is 37.5 Å². The van der Waals surface area contributed by atoms with Crippen LogP contribution >= 0.6 is 0 Å². The number of phenols is 2. The van der Waals surface area contributed by atoms with E-state index < -0.39 is 77.2 Å². The number of rotatable bonds is 2. The van der Waals surface area contributed by atoms with Crippen molar-refractivity contribution in [3.8, 4) is 28.7 Å². The molecule has 2 aromatic rings. The van der Waals surface area contributed by atoms with Crippen molar-refractivity contribution in [1.82, 2.24) is 4.98 Å². The fourth-order valence-electron chi connectivity index (χ4n) is 7.41. The van der Waals surface area contributed by atoms with Crippen molar-refractivity contribution in [2.75, 3.05) is 12.4 Å². The van der Waals surface area contributed by atoms with Gasteiger partial charge < -0.3 is 49.5 Å². The van der Waals surface area contributed by atoms with Crippen LogP contribution in [0.25, 0.3) is 33.3 Å². The number of phenolic OH excluding ortho intramolecular Hbond substituents is 2. The van der Waals surface area contributed by atoms with E-state index in [2.05, 4.69) is 10.3 Å². The number of aliphatic hydroxyl groups is 3. The number of hydrogen-bond donors (Lipinski definition) is 6. The molecule has 0 fully saturated rings. The second-order valence-corrected chi connectivity index (χ2v) is 15.2. The van der Waals surface area contributed by atoms with Gasteiger partial charge in [-0.15, -0.1) is 0 Å². The Morgan fingerprint density at radius 2 is 1.54 bits per heavy atom. The van der Waals surface area contributed by atoms with E-state index >= 15 is 0 Å². The Kier molecular flexibility index (Phi) is 12.8. The highest BCUT2D eigenvalue weighted by Gasteiger charge is 2.37. The van der Waals surface area contributed by atoms with Crippen LogP contribution in [0.4, 0.5) is 5.69 Å². The van der Waals surface area contributed by atoms with Crippen molar-refractivity contribution in [3.63, 3.8) is 0 Å². The van der Waals surface area contributed by atoms with Crippen molar-refractivity contribution < 1.29 is 53.7 Å². The van der Waals surface area contributed by atoms with Crippen molar-refractivity contribution in [1.29, 1.82) is 0 Å². The number of amides is 1. The lowest BCUT2D eigenvalue weighted by molar-refractivity contribution is -0.112. The van der Waals surface area contributed by atoms with Gasteiger partial charge in [-0.3, -0.25) is 14.4 Å². The molecule has 14 heteroatoms. The van der Waals surface area contributed by atoms with Gasteiger partial charge in [-0.1, -0.05) is 45.9 Å². The number of ether oxygens (including phenoxy) is 3. The minimum absolute atomic E-state index is 0.00560. The summed E-state index contributed by atoms with van der Waals surface area (Å²) >= 11 is 0. The van der Waals surface area contributed by atoms with E-state index in [1.54, 1.807) is 58.9 Å². The smallest absolute Gasteiger partial charge is 0.251 e. The van der Waals surface area contributed by atoms with Gasteiger partial charge in [-0.05, 0) is 51.5 Å². The molecule has 4 aliphatic rings. The van der Waals surface area contributed by atoms with Crippen molar-refractivity contribution in [2.45, 2.75) is 93.0 Å². The third kappa shape index (κ3) is 8.26. The maximum atomic E-state index is 14.5. The third-order valence-corrected chi connectivity index (χ3v) is 11.0. The molecule has 57 heavy (non-hydrogen) atoms. The predicted molar refractivity (Wildman–Crippen MR) is 215 cm³/mol. The second-order valence-electron chi connectivity index (χ2n) is 15.2. The highest BCUT2D eigenvalue weighted by atomic mass is 16.7. The molecule has 0 saturated carbocycles. The van der Waals surface area contributed by atoms with Crippen LogP contribution in [0.15, 0.2) is 57.5 Å². The highest BCUT2D eigenvalue weighted by molar-refractivity contribution is 6.19. The standard InChI is InChI=1S/C43H52N2O12/c1-18-16-27(47)33-29(17-18)57-42-34(44-33)31-30(25(8)46)41-24(7)39(51)32(31)40(52)35(42)45-43(53)20(3)13-11-12-19(2)36(48)22(5)38(50)23(6)37(49)21(4)28(54-10)14-15-55-26(9)56-41/h11-17,19,21-23,26,28,36-38,47-51H,1-10H3,(H,45,53)/b12-11+,15-14+,20-13-/t19-,21+,22+,23-,26+,28-,36-,37+,38+/m0/s1. The van der Waals surface area contributed by atoms with E-state index in [9.17, 15) is 39.9 Å². The monoisotopic (exact) mass is 788 g/mol. The summed E-state index contributed by atoms with van der Waals surface area (Å²) < 4.78 is 23.8. The van der Waals surface area contributed by atoms with E-state index in [0.29, 0.717) is 5.56 Å². The first-order chi connectivity index (χ1) is 26.8. The molecule has 4 bridgehead atoms. The summed E-state index contributed by atoms with van der Waals surface area (Å²) in [5, 5.41) is 58.5. The molecule has 6 N–H and O–H groups in total. The Hall–Kier alpha value is -5.28. The van der Waals surface area contributed by atoms with Gasteiger partial charge in [-0.25, -0.2) is 4.98 Å². The average molecular weight is 789 g/mol. The summed E-state index contributed by atoms with van der Waals surface area (Å²) in [7, 11) is 1.46. The van der Waals surface area contributed by atoms with Gasteiger partial charge in [0.25, 0.3) is 5.91 Å². The number of aryl methyl sites for hydroxylation is 1. The van der Waals surface area contributed by atoms with Crippen LogP contribution in [0.1, 0.15) is 70.0 Å². The van der Waals surface area contributed by atoms with Gasteiger partial charge in [-0.2, -0.15) is 0 Å². The van der Waals surface area contributed by atoms with E-state index in [1.807, 2.05) is 0 Å². The van der Waals surface area contributed by atoms with E-state index in [4.69, 9.17) is 18.6 Å². The van der Waals surface area contributed by atoms with Crippen LogP contribution in [-0.2, 0) is 14.3 Å². The summed E-state index contributed by atoms with van der Waals surface area (Å²) in [4.78, 5) is 46.4. The summed E-state index contributed by atoms with van der Waals surface area (Å²) in [6.45, 7) is 14.4. The quantitative estimate of drug-likeness (QED) is 0.0778. The van der Waals surface area contributed by atoms with Gasteiger partial charge in [0.2, 0.25) is 11.7 Å². The molecule has 2 aromatic carbocycles. The highest BCUT2D eigenvalue weighted by Crippen LogP contribution is 2.46. The van der Waals surface area contributed by atoms with Crippen LogP contribution in [0.2, 0.25) is 0 Å². The summed E-state index contributed by atoms with van der Waals surface area (Å²) in [5.74, 6) is -4.79. The fourth-order valence-corrected chi connectivity index (χ4v) is 7.41. The largest absolute Gasteiger partial charge is 0.507 e. The minimum atomic E-state index is -1.10. The number of carbonyl (C=O) groups excluding carboxylic acids is 2. The zero-order valence-corrected chi connectivity index (χ0v) is 33.8. The molecule has 6 rings (SSSR count). The lowest BCUT2D eigenvalue weighted by Gasteiger charge is -2.36. The molecule has 0 radical (unpaired) electrons. The first kappa shape index (κ1) is 42.9. The molecule has 1 amide bonds. The molecule has 3 heterocycles. The van der Waals surface area contributed by atoms with Crippen molar-refractivity contribution >= 4 is 39.2 Å². The summed E-state index contributed by atoms with van der Waals surface area (Å²) in [5.41, 5.74) is -0.642. The number of Topliss-reactive ketones (excluding diaryl/α,β-unsaturated/α-hetero) is 1. The molecule has 0 saturated heterocycles. The molecule has 0 aromatic heterocycles. The summed E-state index contributed by atoms with van der Waals surface area (Å²) in [6.07, 6.45) is 2.60. The summed E-state index contributed by atoms with van der Waals surface area (Å²) in [6, 6.07) is 3.05. The second kappa shape index (κ2) is 17.1. The number of aromatic nitrogens is 1. The average Bonchev–Trinajstić information content (AvgIpc) is 3.16. The molecule has 3 aliphatic heterocycles. The predicted octanol–water partition coefficient (Wildman–Crippen LogP) is 6.03. The minimum Gasteiger partial charge on any atom is -0.507 e. The molecule has 1 aliphatic carbocycles. The SMILES string of the molecule is CO[C@H]1/C=C/O[C@@H](C)Oc2c(C)c(O)c3c(=O)c(c4oc5cc(C)cc(O)c5nc-4c3c2C(C)=O)NC(=O)/C(C)=C\C=C\[C@H](C)[C@H](O)[C@@H](C)[C@@H](O)[C@@H](C)[C@H](O)[C@@H]1C. The van der Waals surface area contributed by atoms with Gasteiger partial charge in [0, 0.05) is 54.2 Å². The Labute approximate surface area is 330 Å². The number of nitrogens with zero attached hydrogens (tertiary/aromatic N) is 1. The third-order valence-electron chi connectivity index (χ3n) is 11.0. The number of ketones is 1. The fraction of sp³-hybridized carbons (Fsp3) is 0.442. The molecule has 9 atom stereocenters. The number of benzene rings is 3. The lowest BCUT2D eigenvalue weighted by atomic mass is 9.78. The normalized spacial score (nSPS) is 29.0. The number of aliphatic hydroxyl groups excluding tert-OH is 3. The van der Waals surface area contributed by atoms with Gasteiger partial charge in [0.1, 0.15) is 34.1 Å². The topological polar surface area (TPSA) is 218 Å². The van der Waals surface area contributed by atoms with Crippen LogP contribution in [0.3, 0.4) is 0 Å². The van der Waals surface area contributed by atoms with E-state index in [-0.39, 0.29) is 67.2 Å². The number of nitrogens with one attached hydrogen (secondary N) is 1. The first-order valence-corrected chi connectivity index (χ1v) is 18.8. The zero-order valence-electron chi connectivity index (χ0n) is 33.8. The number of hydrogen-bond acceptors (Lipinski definition) is 13. The first-order valence-electron chi connectivity index (χ1n) is 18.8. The van der Waals surface area contributed by atoms with Crippen molar-refractivity contribution in [2.24, 2.45) is 23.7 Å². The molecule has 0 unspecified atom stereocenters. The van der Waals surface area contributed by atoms with Gasteiger partial charge >= 0.3 is 0 Å². The maximum Gasteiger partial charge on any atom is 0.251 e. The van der Waals surface area contributed by atoms with Gasteiger partial charge in [0.05, 0.1) is 41.6 Å². The number of fused-ring (bicyclic) bond motifs is 17. The number of allylic oxidation sites excluding steroid dienone is 2. The van der Waals surface area contributed by atoms with Crippen LogP contribution < -0.4 is 15.5 Å². The number of aromatic hydroxyl groups is 2. The number of methoxy groups -OCH3 is 1. The zero-order chi connectivity index (χ0) is 42.2.